The number of hydrogen-bond acceptors (Lipinski definition) is 2. The summed E-state index contributed by atoms with van der Waals surface area (Å²) in [5.41, 5.74) is 5.60. The first-order valence-electron chi connectivity index (χ1n) is 8.82. The molecule has 0 spiro atoms. The third-order valence-corrected chi connectivity index (χ3v) is 9.59. The zero-order valence-electron chi connectivity index (χ0n) is 14.5. The van der Waals surface area contributed by atoms with Crippen molar-refractivity contribution in [3.63, 3.8) is 0 Å². The Kier molecular flexibility index (Phi) is 6.36. The Morgan fingerprint density at radius 3 is 1.36 bits per heavy atom. The Morgan fingerprint density at radius 1 is 0.600 bits per heavy atom. The van der Waals surface area contributed by atoms with Gasteiger partial charge < -0.3 is 0 Å². The van der Waals surface area contributed by atoms with Crippen molar-refractivity contribution in [2.24, 2.45) is 5.73 Å². The summed E-state index contributed by atoms with van der Waals surface area (Å²) in [7, 11) is -2.14. The Labute approximate surface area is 151 Å². The van der Waals surface area contributed by atoms with Gasteiger partial charge in [0, 0.05) is 0 Å². The molecule has 0 saturated heterocycles. The van der Waals surface area contributed by atoms with Crippen molar-refractivity contribution < 1.29 is 4.74 Å². The summed E-state index contributed by atoms with van der Waals surface area (Å²) >= 11 is 0. The summed E-state index contributed by atoms with van der Waals surface area (Å²) in [5.74, 6) is 0. The Bertz CT molecular complexity index is 650. The van der Waals surface area contributed by atoms with Crippen molar-refractivity contribution in [2.45, 2.75) is 0 Å². The Morgan fingerprint density at radius 2 is 1.00 bits per heavy atom. The van der Waals surface area contributed by atoms with Gasteiger partial charge in [0.2, 0.25) is 0 Å². The second-order valence-corrected chi connectivity index (χ2v) is 10.2. The second kappa shape index (κ2) is 8.92. The molecule has 2 N–H and O–H groups in total. The van der Waals surface area contributed by atoms with Gasteiger partial charge in [0.15, 0.2) is 0 Å². The molecule has 25 heavy (non-hydrogen) atoms. The van der Waals surface area contributed by atoms with E-state index in [1.54, 1.807) is 0 Å². The molecular weight excluding hydrogens is 325 g/mol. The minimum atomic E-state index is -2.14. The molecule has 3 aromatic rings. The van der Waals surface area contributed by atoms with Crippen molar-refractivity contribution >= 4 is 23.2 Å². The van der Waals surface area contributed by atoms with E-state index >= 15 is 0 Å². The average molecular weight is 351 g/mol. The van der Waals surface area contributed by atoms with Gasteiger partial charge in [0.05, 0.1) is 0 Å². The van der Waals surface area contributed by atoms with Gasteiger partial charge in [0.1, 0.15) is 0 Å². The van der Waals surface area contributed by atoms with Crippen LogP contribution in [0.1, 0.15) is 0 Å². The number of benzene rings is 3. The molecule has 130 valence electrons. The van der Waals surface area contributed by atoms with Crippen LogP contribution in [-0.2, 0) is 4.74 Å². The number of rotatable bonds is 8. The normalized spacial score (nSPS) is 12.0. The summed E-state index contributed by atoms with van der Waals surface area (Å²) in [4.78, 5) is 0. The summed E-state index contributed by atoms with van der Waals surface area (Å²) < 4.78 is 5.81. The molecule has 0 saturated carbocycles. The van der Waals surface area contributed by atoms with E-state index in [9.17, 15) is 0 Å². The van der Waals surface area contributed by atoms with Crippen LogP contribution in [0, 0.1) is 0 Å². The first-order valence-corrected chi connectivity index (χ1v) is 11.0. The molecule has 0 aliphatic heterocycles. The fourth-order valence-corrected chi connectivity index (χ4v) is 8.11. The van der Waals surface area contributed by atoms with Crippen molar-refractivity contribution in [3.05, 3.63) is 91.0 Å². The monoisotopic (exact) mass is 351 g/mol. The van der Waals surface area contributed by atoms with Gasteiger partial charge in [-0.1, -0.05) is 0 Å². The fourth-order valence-electron chi connectivity index (χ4n) is 3.51. The summed E-state index contributed by atoms with van der Waals surface area (Å²) in [6, 6.07) is 32.8. The average Bonchev–Trinajstić information content (AvgIpc) is 2.70. The third-order valence-electron chi connectivity index (χ3n) is 4.68. The molecule has 0 unspecified atom stereocenters. The van der Waals surface area contributed by atoms with E-state index in [0.717, 1.165) is 12.8 Å². The van der Waals surface area contributed by atoms with Crippen LogP contribution in [-0.4, -0.2) is 25.9 Å². The SMILES string of the molecule is NCCOCC[PH](c1ccccc1)(c1ccccc1)c1ccccc1. The molecule has 3 aromatic carbocycles. The maximum atomic E-state index is 5.81. The molecule has 3 heteroatoms. The molecule has 0 aromatic heterocycles. The predicted molar refractivity (Wildman–Crippen MR) is 111 cm³/mol. The van der Waals surface area contributed by atoms with Crippen molar-refractivity contribution in [1.82, 2.24) is 0 Å². The minimum absolute atomic E-state index is 0.566. The van der Waals surface area contributed by atoms with Gasteiger partial charge in [-0.2, -0.15) is 0 Å². The topological polar surface area (TPSA) is 35.2 Å². The van der Waals surface area contributed by atoms with E-state index in [1.807, 2.05) is 0 Å². The molecule has 0 amide bonds. The quantitative estimate of drug-likeness (QED) is 0.500. The molecule has 3 rings (SSSR count). The molecule has 2 nitrogen and oxygen atoms in total. The molecule has 0 heterocycles. The molecule has 0 fully saturated rings. The molecular formula is C22H26NOP. The van der Waals surface area contributed by atoms with Gasteiger partial charge in [-0.05, 0) is 0 Å². The van der Waals surface area contributed by atoms with Gasteiger partial charge in [-0.25, -0.2) is 0 Å². The zero-order valence-corrected chi connectivity index (χ0v) is 15.5. The van der Waals surface area contributed by atoms with Crippen molar-refractivity contribution in [2.75, 3.05) is 25.9 Å². The van der Waals surface area contributed by atoms with Crippen LogP contribution in [0.2, 0.25) is 0 Å². The number of ether oxygens (including phenoxy) is 1. The number of nitrogens with two attached hydrogens (primary N) is 1. The van der Waals surface area contributed by atoms with E-state index in [-0.39, 0.29) is 0 Å². The molecule has 0 aliphatic rings. The first-order chi connectivity index (χ1) is 12.4. The van der Waals surface area contributed by atoms with Crippen LogP contribution in [0.3, 0.4) is 0 Å². The van der Waals surface area contributed by atoms with Gasteiger partial charge >= 0.3 is 151 Å². The van der Waals surface area contributed by atoms with E-state index in [1.165, 1.54) is 15.9 Å². The second-order valence-electron chi connectivity index (χ2n) is 6.15. The Hall–Kier alpha value is -1.99. The standard InChI is InChI=1S/C22H26NOP/c23-16-17-24-18-19-25(20-10-4-1-5-11-20,21-12-6-2-7-13-21)22-14-8-3-9-15-22/h1-15,25H,16-19,23H2. The molecule has 0 atom stereocenters. The summed E-state index contributed by atoms with van der Waals surface area (Å²) in [6.07, 6.45) is 1.00. The van der Waals surface area contributed by atoms with E-state index in [0.29, 0.717) is 13.2 Å². The summed E-state index contributed by atoms with van der Waals surface area (Å²) in [6.45, 7) is 1.90. The molecule has 0 bridgehead atoms. The van der Waals surface area contributed by atoms with Crippen molar-refractivity contribution in [1.29, 1.82) is 0 Å². The Balaban J connectivity index is 2.13. The molecule has 0 radical (unpaired) electrons. The van der Waals surface area contributed by atoms with Gasteiger partial charge in [0.25, 0.3) is 0 Å². The third kappa shape index (κ3) is 3.99. The first kappa shape index (κ1) is 17.8. The van der Waals surface area contributed by atoms with E-state index in [4.69, 9.17) is 10.5 Å². The molecule has 0 aliphatic carbocycles. The van der Waals surface area contributed by atoms with Crippen LogP contribution < -0.4 is 21.6 Å². The van der Waals surface area contributed by atoms with Crippen LogP contribution in [0.15, 0.2) is 91.0 Å². The predicted octanol–water partition coefficient (Wildman–Crippen LogP) is 2.69. The zero-order chi connectivity index (χ0) is 17.4. The van der Waals surface area contributed by atoms with Crippen LogP contribution in [0.25, 0.3) is 0 Å². The van der Waals surface area contributed by atoms with Gasteiger partial charge in [-0.15, -0.1) is 0 Å². The van der Waals surface area contributed by atoms with Gasteiger partial charge in [-0.3, -0.25) is 0 Å². The van der Waals surface area contributed by atoms with Crippen LogP contribution >= 0.6 is 7.26 Å². The fraction of sp³-hybridized carbons (Fsp3) is 0.182. The van der Waals surface area contributed by atoms with Crippen molar-refractivity contribution in [3.8, 4) is 0 Å². The number of hydrogen-bond donors (Lipinski definition) is 1. The maximum absolute atomic E-state index is 5.81. The van der Waals surface area contributed by atoms with E-state index < -0.39 is 7.26 Å². The van der Waals surface area contributed by atoms with Crippen LogP contribution in [0.4, 0.5) is 0 Å². The summed E-state index contributed by atoms with van der Waals surface area (Å²) in [5, 5.41) is 4.26. The van der Waals surface area contributed by atoms with E-state index in [2.05, 4.69) is 91.0 Å². The van der Waals surface area contributed by atoms with Crippen LogP contribution in [0.5, 0.6) is 0 Å².